The minimum Gasteiger partial charge on any atom is -0.166 e. The van der Waals surface area contributed by atoms with E-state index in [1.54, 1.807) is 0 Å². The van der Waals surface area contributed by atoms with Crippen LogP contribution >= 0.6 is 0 Å². The van der Waals surface area contributed by atoms with Crippen LogP contribution in [0.5, 0.6) is 0 Å². The first-order chi connectivity index (χ1) is 13.8. The van der Waals surface area contributed by atoms with Crippen LogP contribution in [0.15, 0.2) is 6.07 Å². The van der Waals surface area contributed by atoms with Crippen molar-refractivity contribution in [2.45, 2.75) is 110 Å². The van der Waals surface area contributed by atoms with Gasteiger partial charge in [0.05, 0.1) is 7.85 Å². The van der Waals surface area contributed by atoms with Gasteiger partial charge in [-0.3, -0.25) is 0 Å². The molecule has 30 heavy (non-hydrogen) atoms. The highest BCUT2D eigenvalue weighted by Gasteiger charge is 2.39. The molecule has 0 heterocycles. The van der Waals surface area contributed by atoms with Gasteiger partial charge < -0.3 is 0 Å². The van der Waals surface area contributed by atoms with E-state index in [0.717, 1.165) is 44.9 Å². The van der Waals surface area contributed by atoms with Gasteiger partial charge in [0.15, 0.2) is 0 Å². The van der Waals surface area contributed by atoms with Crippen LogP contribution in [0.3, 0.4) is 0 Å². The van der Waals surface area contributed by atoms with Crippen LogP contribution in [0, 0.1) is 5.41 Å². The Balaban J connectivity index is 3.72. The molecular formula is C24H36B3F3. The molecule has 0 aliphatic heterocycles. The lowest BCUT2D eigenvalue weighted by Crippen LogP contribution is -2.42. The molecule has 162 valence electrons. The summed E-state index contributed by atoms with van der Waals surface area (Å²) in [6.07, 6.45) is 2.94. The summed E-state index contributed by atoms with van der Waals surface area (Å²) in [7, 11) is 18.9. The van der Waals surface area contributed by atoms with Gasteiger partial charge in [-0.05, 0) is 47.5 Å². The first-order valence-electron chi connectivity index (χ1n) is 11.3. The van der Waals surface area contributed by atoms with Crippen molar-refractivity contribution in [2.75, 3.05) is 0 Å². The normalized spacial score (nSPS) is 15.8. The molecule has 1 aromatic rings. The smallest absolute Gasteiger partial charge is 0.166 e. The number of halogens is 3. The van der Waals surface area contributed by atoms with Gasteiger partial charge >= 0.3 is 6.18 Å². The molecule has 0 fully saturated rings. The lowest BCUT2D eigenvalue weighted by atomic mass is 9.55. The second-order valence-corrected chi connectivity index (χ2v) is 9.65. The molecule has 0 aliphatic rings. The van der Waals surface area contributed by atoms with Crippen LogP contribution in [0.1, 0.15) is 115 Å². The quantitative estimate of drug-likeness (QED) is 0.310. The summed E-state index contributed by atoms with van der Waals surface area (Å²) in [5.74, 6) is -0.501. The third-order valence-corrected chi connectivity index (χ3v) is 6.81. The van der Waals surface area contributed by atoms with E-state index in [1.807, 2.05) is 27.7 Å². The number of hydrogen-bond acceptors (Lipinski definition) is 0. The lowest BCUT2D eigenvalue weighted by Gasteiger charge is -2.41. The second-order valence-electron chi connectivity index (χ2n) is 9.65. The summed E-state index contributed by atoms with van der Waals surface area (Å²) in [6.45, 7) is 12.4. The third-order valence-electron chi connectivity index (χ3n) is 6.81. The van der Waals surface area contributed by atoms with Gasteiger partial charge in [-0.15, -0.1) is 0 Å². The van der Waals surface area contributed by atoms with E-state index in [2.05, 4.69) is 13.8 Å². The Hall–Kier alpha value is -0.795. The Morgan fingerprint density at radius 1 is 0.833 bits per heavy atom. The summed E-state index contributed by atoms with van der Waals surface area (Å²) in [6, 6.07) is 1.23. The molecule has 2 atom stereocenters. The number of rotatable bonds is 11. The fourth-order valence-electron chi connectivity index (χ4n) is 4.44. The summed E-state index contributed by atoms with van der Waals surface area (Å²) in [5, 5.41) is 0. The molecule has 0 bridgehead atoms. The zero-order chi connectivity index (χ0) is 23.3. The zero-order valence-electron chi connectivity index (χ0n) is 19.7. The molecule has 0 saturated carbocycles. The molecule has 0 amide bonds. The Kier molecular flexibility index (Phi) is 9.70. The first-order valence-corrected chi connectivity index (χ1v) is 11.3. The summed E-state index contributed by atoms with van der Waals surface area (Å²) < 4.78 is 41.3. The van der Waals surface area contributed by atoms with E-state index in [9.17, 15) is 13.2 Å². The van der Waals surface area contributed by atoms with Crippen LogP contribution < -0.4 is 10.9 Å². The first kappa shape index (κ1) is 27.2. The molecular weight excluding hydrogens is 378 g/mol. The number of benzene rings is 1. The van der Waals surface area contributed by atoms with Crippen LogP contribution in [-0.4, -0.2) is 23.5 Å². The van der Waals surface area contributed by atoms with E-state index in [1.165, 1.54) is 6.07 Å². The highest BCUT2D eigenvalue weighted by atomic mass is 19.4. The Labute approximate surface area is 186 Å². The van der Waals surface area contributed by atoms with E-state index in [0.29, 0.717) is 17.5 Å². The van der Waals surface area contributed by atoms with Crippen LogP contribution in [0.2, 0.25) is 0 Å². The van der Waals surface area contributed by atoms with Crippen molar-refractivity contribution in [3.05, 3.63) is 22.8 Å². The molecule has 0 spiro atoms. The van der Waals surface area contributed by atoms with Gasteiger partial charge in [0.25, 0.3) is 0 Å². The van der Waals surface area contributed by atoms with Gasteiger partial charge in [-0.25, -0.2) is 0 Å². The SMILES string of the molecule is [B]c1c(C(F)(F)F)cc(C(C)(CC)CCCCCC)c(C([B])C(C)(C)CCC)c1[B]. The van der Waals surface area contributed by atoms with Crippen molar-refractivity contribution in [1.29, 1.82) is 0 Å². The van der Waals surface area contributed by atoms with Crippen LogP contribution in [0.4, 0.5) is 13.2 Å². The predicted octanol–water partition coefficient (Wildman–Crippen LogP) is 5.97. The second kappa shape index (κ2) is 10.7. The predicted molar refractivity (Wildman–Crippen MR) is 126 cm³/mol. The van der Waals surface area contributed by atoms with Crippen LogP contribution in [-0.2, 0) is 11.6 Å². The van der Waals surface area contributed by atoms with Crippen molar-refractivity contribution >= 4 is 34.5 Å². The topological polar surface area (TPSA) is 0 Å². The molecule has 1 rings (SSSR count). The minimum absolute atomic E-state index is 0.00950. The van der Waals surface area contributed by atoms with Gasteiger partial charge in [0.2, 0.25) is 0 Å². The highest BCUT2D eigenvalue weighted by molar-refractivity contribution is 6.50. The van der Waals surface area contributed by atoms with E-state index in [-0.39, 0.29) is 10.9 Å². The van der Waals surface area contributed by atoms with Crippen molar-refractivity contribution in [3.8, 4) is 0 Å². The monoisotopic (exact) mass is 414 g/mol. The highest BCUT2D eigenvalue weighted by Crippen LogP contribution is 2.44. The minimum atomic E-state index is -4.56. The largest absolute Gasteiger partial charge is 0.415 e. The summed E-state index contributed by atoms with van der Waals surface area (Å²) >= 11 is 0. The van der Waals surface area contributed by atoms with Crippen LogP contribution in [0.25, 0.3) is 0 Å². The molecule has 1 aromatic carbocycles. The number of hydrogen-bond donors (Lipinski definition) is 0. The molecule has 2 unspecified atom stereocenters. The molecule has 0 saturated heterocycles. The standard InChI is InChI=1S/C24H36B3F3/c1-7-10-11-12-14-23(6,9-3)16-15-17(24(28,29)30)19(25)20(26)18(16)21(27)22(4,5)13-8-2/h15,21H,7-14H2,1-6H3. The Morgan fingerprint density at radius 2 is 1.43 bits per heavy atom. The maximum absolute atomic E-state index is 13.8. The van der Waals surface area contributed by atoms with Gasteiger partial charge in [-0.1, -0.05) is 90.1 Å². The average molecular weight is 414 g/mol. The fraction of sp³-hybridized carbons (Fsp3) is 0.750. The maximum Gasteiger partial charge on any atom is 0.415 e. The van der Waals surface area contributed by atoms with Crippen molar-refractivity contribution in [3.63, 3.8) is 0 Å². The molecule has 0 aromatic heterocycles. The Morgan fingerprint density at radius 3 is 1.90 bits per heavy atom. The third kappa shape index (κ3) is 6.13. The van der Waals surface area contributed by atoms with E-state index < -0.39 is 28.4 Å². The molecule has 6 radical (unpaired) electrons. The molecule has 0 N–H and O–H groups in total. The van der Waals surface area contributed by atoms with Gasteiger partial charge in [0.1, 0.15) is 15.7 Å². The Bertz CT molecular complexity index is 698. The van der Waals surface area contributed by atoms with Gasteiger partial charge in [0, 0.05) is 5.56 Å². The maximum atomic E-state index is 13.8. The lowest BCUT2D eigenvalue weighted by molar-refractivity contribution is -0.136. The average Bonchev–Trinajstić information content (AvgIpc) is 2.65. The molecule has 6 heteroatoms. The van der Waals surface area contributed by atoms with E-state index >= 15 is 0 Å². The van der Waals surface area contributed by atoms with E-state index in [4.69, 9.17) is 23.5 Å². The summed E-state index contributed by atoms with van der Waals surface area (Å²) in [4.78, 5) is 0. The van der Waals surface area contributed by atoms with Gasteiger partial charge in [-0.2, -0.15) is 13.2 Å². The summed E-state index contributed by atoms with van der Waals surface area (Å²) in [5.41, 5.74) is -0.840. The van der Waals surface area contributed by atoms with Crippen molar-refractivity contribution in [2.24, 2.45) is 5.41 Å². The fourth-order valence-corrected chi connectivity index (χ4v) is 4.44. The zero-order valence-corrected chi connectivity index (χ0v) is 19.7. The molecule has 0 nitrogen and oxygen atoms in total. The number of unbranched alkanes of at least 4 members (excludes halogenated alkanes) is 3. The number of alkyl halides is 3. The van der Waals surface area contributed by atoms with Crippen molar-refractivity contribution < 1.29 is 13.2 Å². The molecule has 0 aliphatic carbocycles. The van der Waals surface area contributed by atoms with Crippen molar-refractivity contribution in [1.82, 2.24) is 0 Å².